The first-order chi connectivity index (χ1) is 8.54. The van der Waals surface area contributed by atoms with Crippen molar-refractivity contribution in [2.75, 3.05) is 25.6 Å². The number of rotatable bonds is 7. The molecule has 0 aliphatic carbocycles. The molecule has 0 fully saturated rings. The van der Waals surface area contributed by atoms with Crippen LogP contribution in [-0.4, -0.2) is 46.2 Å². The summed E-state index contributed by atoms with van der Waals surface area (Å²) in [5.41, 5.74) is 0.369. The van der Waals surface area contributed by atoms with Gasteiger partial charge in [0.15, 0.2) is 0 Å². The number of methoxy groups -OCH3 is 1. The van der Waals surface area contributed by atoms with Crippen LogP contribution in [0.5, 0.6) is 0 Å². The van der Waals surface area contributed by atoms with E-state index in [0.717, 1.165) is 0 Å². The smallest absolute Gasteiger partial charge is 0.333 e. The Kier molecular flexibility index (Phi) is 5.05. The second kappa shape index (κ2) is 6.31. The van der Waals surface area contributed by atoms with Crippen molar-refractivity contribution in [3.63, 3.8) is 0 Å². The summed E-state index contributed by atoms with van der Waals surface area (Å²) in [6, 6.07) is -0.409. The van der Waals surface area contributed by atoms with Crippen LogP contribution in [0.1, 0.15) is 12.6 Å². The van der Waals surface area contributed by atoms with E-state index >= 15 is 0 Å². The Hall–Kier alpha value is -1.67. The van der Waals surface area contributed by atoms with Gasteiger partial charge < -0.3 is 15.2 Å². The van der Waals surface area contributed by atoms with Crippen LogP contribution < -0.4 is 5.32 Å². The quantitative estimate of drug-likeness (QED) is 0.539. The van der Waals surface area contributed by atoms with E-state index in [4.69, 9.17) is 9.84 Å². The van der Waals surface area contributed by atoms with E-state index < -0.39 is 11.0 Å². The van der Waals surface area contributed by atoms with Gasteiger partial charge in [-0.25, -0.2) is 4.68 Å². The van der Waals surface area contributed by atoms with E-state index in [2.05, 4.69) is 10.4 Å². The van der Waals surface area contributed by atoms with E-state index in [-0.39, 0.29) is 24.7 Å². The van der Waals surface area contributed by atoms with Gasteiger partial charge in [0.25, 0.3) is 0 Å². The van der Waals surface area contributed by atoms with E-state index in [1.807, 2.05) is 0 Å². The number of nitro groups is 1. The number of aromatic nitrogens is 2. The molecular formula is C10H18N4O4. The van der Waals surface area contributed by atoms with Crippen LogP contribution in [0.2, 0.25) is 0 Å². The van der Waals surface area contributed by atoms with Gasteiger partial charge in [0.2, 0.25) is 5.82 Å². The highest BCUT2D eigenvalue weighted by Gasteiger charge is 2.27. The maximum atomic E-state index is 11.1. The van der Waals surface area contributed by atoms with Gasteiger partial charge >= 0.3 is 5.69 Å². The zero-order chi connectivity index (χ0) is 13.7. The lowest BCUT2D eigenvalue weighted by Gasteiger charge is -2.15. The normalized spacial score (nSPS) is 12.4. The van der Waals surface area contributed by atoms with Gasteiger partial charge in [0.1, 0.15) is 5.69 Å². The molecule has 0 saturated heterocycles. The Morgan fingerprint density at radius 2 is 2.33 bits per heavy atom. The molecule has 8 heteroatoms. The monoisotopic (exact) mass is 258 g/mol. The number of nitrogens with one attached hydrogen (secondary N) is 1. The first kappa shape index (κ1) is 14.4. The minimum Gasteiger partial charge on any atom is -0.394 e. The number of hydrogen-bond acceptors (Lipinski definition) is 6. The molecule has 18 heavy (non-hydrogen) atoms. The van der Waals surface area contributed by atoms with Gasteiger partial charge in [-0.05, 0) is 6.42 Å². The predicted octanol–water partition coefficient (Wildman–Crippen LogP) is 0.310. The second-order valence-corrected chi connectivity index (χ2v) is 3.86. The summed E-state index contributed by atoms with van der Waals surface area (Å²) < 4.78 is 6.33. The van der Waals surface area contributed by atoms with Gasteiger partial charge in [-0.2, -0.15) is 5.10 Å². The molecule has 1 aromatic rings. The summed E-state index contributed by atoms with van der Waals surface area (Å²) in [5.74, 6) is 0.285. The minimum absolute atomic E-state index is 0.0467. The molecule has 0 bridgehead atoms. The van der Waals surface area contributed by atoms with Crippen molar-refractivity contribution >= 4 is 11.5 Å². The fraction of sp³-hybridized carbons (Fsp3) is 0.700. The average molecular weight is 258 g/mol. The Bertz CT molecular complexity index is 418. The number of anilines is 1. The van der Waals surface area contributed by atoms with Crippen molar-refractivity contribution in [3.05, 3.63) is 15.8 Å². The summed E-state index contributed by atoms with van der Waals surface area (Å²) >= 11 is 0. The highest BCUT2D eigenvalue weighted by atomic mass is 16.6. The first-order valence-corrected chi connectivity index (χ1v) is 5.61. The molecule has 0 radical (unpaired) electrons. The summed E-state index contributed by atoms with van der Waals surface area (Å²) in [4.78, 5) is 10.6. The maximum Gasteiger partial charge on any atom is 0.333 e. The lowest BCUT2D eigenvalue weighted by Crippen LogP contribution is -2.30. The minimum atomic E-state index is -0.463. The number of aliphatic hydroxyl groups is 1. The highest BCUT2D eigenvalue weighted by molar-refractivity contribution is 5.60. The van der Waals surface area contributed by atoms with Crippen molar-refractivity contribution in [3.8, 4) is 0 Å². The molecule has 1 atom stereocenters. The number of hydrogen-bond donors (Lipinski definition) is 2. The van der Waals surface area contributed by atoms with E-state index in [0.29, 0.717) is 12.1 Å². The standard InChI is InChI=1S/C10H18N4O4/c1-4-8-9(14(16)17)10(13(2)12-8)11-7(5-15)6-18-3/h7,11,15H,4-6H2,1-3H3. The molecule has 1 heterocycles. The van der Waals surface area contributed by atoms with Crippen molar-refractivity contribution in [1.82, 2.24) is 9.78 Å². The second-order valence-electron chi connectivity index (χ2n) is 3.86. The van der Waals surface area contributed by atoms with Crippen LogP contribution in [0.4, 0.5) is 11.5 Å². The molecular weight excluding hydrogens is 240 g/mol. The average Bonchev–Trinajstić information content (AvgIpc) is 2.65. The molecule has 1 aromatic heterocycles. The molecule has 0 aliphatic rings. The van der Waals surface area contributed by atoms with E-state index in [9.17, 15) is 10.1 Å². The number of nitrogens with zero attached hydrogens (tertiary/aromatic N) is 3. The van der Waals surface area contributed by atoms with Crippen LogP contribution in [0.3, 0.4) is 0 Å². The maximum absolute atomic E-state index is 11.1. The van der Waals surface area contributed by atoms with E-state index in [1.54, 1.807) is 14.0 Å². The molecule has 8 nitrogen and oxygen atoms in total. The Morgan fingerprint density at radius 1 is 1.67 bits per heavy atom. The number of aliphatic hydroxyl groups excluding tert-OH is 1. The molecule has 0 amide bonds. The van der Waals surface area contributed by atoms with Gasteiger partial charge in [-0.1, -0.05) is 6.92 Å². The molecule has 1 unspecified atom stereocenters. The largest absolute Gasteiger partial charge is 0.394 e. The fourth-order valence-corrected chi connectivity index (χ4v) is 1.69. The predicted molar refractivity (Wildman–Crippen MR) is 65.6 cm³/mol. The third-order valence-electron chi connectivity index (χ3n) is 2.54. The Labute approximate surface area is 105 Å². The lowest BCUT2D eigenvalue weighted by molar-refractivity contribution is -0.384. The molecule has 102 valence electrons. The van der Waals surface area contributed by atoms with Gasteiger partial charge in [0.05, 0.1) is 24.2 Å². The molecule has 0 aliphatic heterocycles. The highest BCUT2D eigenvalue weighted by Crippen LogP contribution is 2.28. The van der Waals surface area contributed by atoms with Crippen LogP contribution >= 0.6 is 0 Å². The molecule has 0 aromatic carbocycles. The van der Waals surface area contributed by atoms with E-state index in [1.165, 1.54) is 11.8 Å². The molecule has 1 rings (SSSR count). The van der Waals surface area contributed by atoms with Crippen LogP contribution in [0.15, 0.2) is 0 Å². The van der Waals surface area contributed by atoms with Crippen molar-refractivity contribution in [1.29, 1.82) is 0 Å². The number of ether oxygens (including phenoxy) is 1. The zero-order valence-corrected chi connectivity index (χ0v) is 10.7. The summed E-state index contributed by atoms with van der Waals surface area (Å²) in [6.45, 7) is 1.87. The third kappa shape index (κ3) is 2.96. The van der Waals surface area contributed by atoms with Crippen molar-refractivity contribution in [2.24, 2.45) is 7.05 Å². The Morgan fingerprint density at radius 3 is 2.78 bits per heavy atom. The van der Waals surface area contributed by atoms with Gasteiger partial charge in [-0.15, -0.1) is 0 Å². The topological polar surface area (TPSA) is 102 Å². The zero-order valence-electron chi connectivity index (χ0n) is 10.7. The molecule has 0 saturated carbocycles. The van der Waals surface area contributed by atoms with Gasteiger partial charge in [0, 0.05) is 14.2 Å². The first-order valence-electron chi connectivity index (χ1n) is 5.61. The van der Waals surface area contributed by atoms with Gasteiger partial charge in [-0.3, -0.25) is 10.1 Å². The fourth-order valence-electron chi connectivity index (χ4n) is 1.69. The molecule has 2 N–H and O–H groups in total. The summed E-state index contributed by atoms with van der Waals surface area (Å²) in [7, 11) is 3.12. The van der Waals surface area contributed by atoms with Crippen LogP contribution in [0.25, 0.3) is 0 Å². The third-order valence-corrected chi connectivity index (χ3v) is 2.54. The molecule has 0 spiro atoms. The summed E-state index contributed by atoms with van der Waals surface area (Å²) in [5, 5.41) is 27.2. The number of aryl methyl sites for hydroxylation is 2. The lowest BCUT2D eigenvalue weighted by atomic mass is 10.2. The summed E-state index contributed by atoms with van der Waals surface area (Å²) in [6.07, 6.45) is 0.472. The van der Waals surface area contributed by atoms with Crippen LogP contribution in [-0.2, 0) is 18.2 Å². The Balaban J connectivity index is 3.06. The SMILES string of the molecule is CCc1nn(C)c(NC(CO)COC)c1[N+](=O)[O-]. The van der Waals surface area contributed by atoms with Crippen molar-refractivity contribution in [2.45, 2.75) is 19.4 Å². The van der Waals surface area contributed by atoms with Crippen LogP contribution in [0, 0.1) is 10.1 Å². The van der Waals surface area contributed by atoms with Crippen molar-refractivity contribution < 1.29 is 14.8 Å².